The summed E-state index contributed by atoms with van der Waals surface area (Å²) in [4.78, 5) is 0. The van der Waals surface area contributed by atoms with Gasteiger partial charge in [0.25, 0.3) is 0 Å². The molecule has 3 aromatic carbocycles. The third kappa shape index (κ3) is 7.25. The minimum absolute atomic E-state index is 0. The summed E-state index contributed by atoms with van der Waals surface area (Å²) in [5.41, 5.74) is 0. The second-order valence-electron chi connectivity index (χ2n) is 8.97. The van der Waals surface area contributed by atoms with Gasteiger partial charge in [0.05, 0.1) is 19.4 Å². The Hall–Kier alpha value is -1.51. The van der Waals surface area contributed by atoms with Gasteiger partial charge in [-0.2, -0.15) is 0 Å². The molecule has 1 fully saturated rings. The molecule has 2 nitrogen and oxygen atoms in total. The molecule has 4 heteroatoms. The Morgan fingerprint density at radius 1 is 0.529 bits per heavy atom. The fourth-order valence-corrected chi connectivity index (χ4v) is 9.41. The van der Waals surface area contributed by atoms with Crippen molar-refractivity contribution in [3.63, 3.8) is 0 Å². The molecule has 1 aliphatic rings. The highest BCUT2D eigenvalue weighted by molar-refractivity contribution is 7.95. The molecular formula is C30H38BrO2P. The molecule has 0 aromatic heterocycles. The van der Waals surface area contributed by atoms with Crippen LogP contribution >= 0.6 is 7.26 Å². The summed E-state index contributed by atoms with van der Waals surface area (Å²) in [5, 5.41) is 4.50. The van der Waals surface area contributed by atoms with E-state index in [1.165, 1.54) is 67.0 Å². The van der Waals surface area contributed by atoms with Crippen LogP contribution in [0.5, 0.6) is 0 Å². The van der Waals surface area contributed by atoms with Gasteiger partial charge in [0.15, 0.2) is 6.29 Å². The van der Waals surface area contributed by atoms with Gasteiger partial charge in [-0.1, -0.05) is 80.3 Å². The van der Waals surface area contributed by atoms with Gasteiger partial charge in [-0.05, 0) is 62.1 Å². The number of hydrogen-bond donors (Lipinski definition) is 0. The molecule has 0 saturated carbocycles. The minimum Gasteiger partial charge on any atom is -1.00 e. The summed E-state index contributed by atoms with van der Waals surface area (Å²) in [6.45, 7) is 1.54. The maximum absolute atomic E-state index is 5.53. The fourth-order valence-electron chi connectivity index (χ4n) is 5.00. The van der Waals surface area contributed by atoms with Gasteiger partial charge in [0, 0.05) is 0 Å². The molecule has 0 amide bonds. The van der Waals surface area contributed by atoms with Crippen molar-refractivity contribution >= 4 is 23.2 Å². The summed E-state index contributed by atoms with van der Waals surface area (Å²) >= 11 is 0. The Labute approximate surface area is 217 Å². The van der Waals surface area contributed by atoms with Crippen molar-refractivity contribution < 1.29 is 26.5 Å². The van der Waals surface area contributed by atoms with Gasteiger partial charge in [-0.3, -0.25) is 0 Å². The van der Waals surface area contributed by atoms with Crippen LogP contribution in [0, 0.1) is 0 Å². The largest absolute Gasteiger partial charge is 1.00 e. The molecule has 1 heterocycles. The summed E-state index contributed by atoms with van der Waals surface area (Å²) in [7, 11) is -1.66. The predicted octanol–water partition coefficient (Wildman–Crippen LogP) is 3.48. The van der Waals surface area contributed by atoms with Gasteiger partial charge in [-0.25, -0.2) is 0 Å². The predicted molar refractivity (Wildman–Crippen MR) is 143 cm³/mol. The van der Waals surface area contributed by atoms with Gasteiger partial charge in [0.2, 0.25) is 0 Å². The molecule has 34 heavy (non-hydrogen) atoms. The maximum Gasteiger partial charge on any atom is 0.157 e. The van der Waals surface area contributed by atoms with Crippen molar-refractivity contribution in [2.75, 3.05) is 19.4 Å². The third-order valence-electron chi connectivity index (χ3n) is 6.72. The van der Waals surface area contributed by atoms with E-state index in [9.17, 15) is 0 Å². The maximum atomic E-state index is 5.53. The molecule has 0 atom stereocenters. The van der Waals surface area contributed by atoms with Gasteiger partial charge < -0.3 is 26.5 Å². The van der Waals surface area contributed by atoms with E-state index in [0.717, 1.165) is 19.6 Å². The quantitative estimate of drug-likeness (QED) is 0.244. The molecule has 0 bridgehead atoms. The van der Waals surface area contributed by atoms with Crippen molar-refractivity contribution in [1.82, 2.24) is 0 Å². The number of hydrogen-bond acceptors (Lipinski definition) is 2. The molecule has 0 N–H and O–H groups in total. The van der Waals surface area contributed by atoms with E-state index >= 15 is 0 Å². The third-order valence-corrected chi connectivity index (χ3v) is 11.2. The minimum atomic E-state index is -1.66. The Bertz CT molecular complexity index is 818. The zero-order chi connectivity index (χ0) is 22.6. The summed E-state index contributed by atoms with van der Waals surface area (Å²) in [5.74, 6) is 0. The van der Waals surface area contributed by atoms with Gasteiger partial charge >= 0.3 is 0 Å². The van der Waals surface area contributed by atoms with E-state index in [1.54, 1.807) is 0 Å². The molecule has 4 rings (SSSR count). The van der Waals surface area contributed by atoms with Crippen molar-refractivity contribution in [3.05, 3.63) is 91.0 Å². The second-order valence-corrected chi connectivity index (χ2v) is 12.6. The molecule has 0 aliphatic carbocycles. The van der Waals surface area contributed by atoms with Crippen LogP contribution in [0.25, 0.3) is 0 Å². The van der Waals surface area contributed by atoms with E-state index in [0.29, 0.717) is 0 Å². The Morgan fingerprint density at radius 2 is 0.912 bits per heavy atom. The Morgan fingerprint density at radius 3 is 1.35 bits per heavy atom. The van der Waals surface area contributed by atoms with Gasteiger partial charge in [-0.15, -0.1) is 0 Å². The Kier molecular flexibility index (Phi) is 11.8. The first-order valence-electron chi connectivity index (χ1n) is 12.7. The van der Waals surface area contributed by atoms with Crippen molar-refractivity contribution in [1.29, 1.82) is 0 Å². The lowest BCUT2D eigenvalue weighted by Crippen LogP contribution is -3.00. The number of benzene rings is 3. The molecule has 1 aliphatic heterocycles. The molecule has 182 valence electrons. The SMILES string of the molecule is [Br-].c1ccc([P+](CCCCCCCCCC2OCCO2)(c2ccccc2)c2ccccc2)cc1. The fraction of sp³-hybridized carbons (Fsp3) is 0.400. The lowest BCUT2D eigenvalue weighted by Gasteiger charge is -2.27. The van der Waals surface area contributed by atoms with E-state index in [1.807, 2.05) is 0 Å². The number of unbranched alkanes of at least 4 members (excludes halogenated alkanes) is 6. The molecule has 0 spiro atoms. The highest BCUT2D eigenvalue weighted by Crippen LogP contribution is 2.55. The first-order valence-corrected chi connectivity index (χ1v) is 14.7. The van der Waals surface area contributed by atoms with E-state index in [4.69, 9.17) is 9.47 Å². The van der Waals surface area contributed by atoms with Crippen LogP contribution in [0.4, 0.5) is 0 Å². The van der Waals surface area contributed by atoms with Crippen LogP contribution in [0.1, 0.15) is 51.4 Å². The van der Waals surface area contributed by atoms with Crippen LogP contribution in [0.3, 0.4) is 0 Å². The monoisotopic (exact) mass is 540 g/mol. The van der Waals surface area contributed by atoms with Crippen LogP contribution in [0.15, 0.2) is 91.0 Å². The average molecular weight is 542 g/mol. The zero-order valence-electron chi connectivity index (χ0n) is 20.2. The first kappa shape index (κ1) is 27.1. The Balaban J connectivity index is 0.00000324. The average Bonchev–Trinajstić information content (AvgIpc) is 3.41. The van der Waals surface area contributed by atoms with Crippen molar-refractivity contribution in [3.8, 4) is 0 Å². The summed E-state index contributed by atoms with van der Waals surface area (Å²) in [6.07, 6.45) is 11.4. The number of halogens is 1. The summed E-state index contributed by atoms with van der Waals surface area (Å²) in [6, 6.07) is 33.8. The molecule has 3 aromatic rings. The van der Waals surface area contributed by atoms with Crippen molar-refractivity contribution in [2.45, 2.75) is 57.7 Å². The van der Waals surface area contributed by atoms with Gasteiger partial charge in [0.1, 0.15) is 23.2 Å². The molecule has 1 saturated heterocycles. The van der Waals surface area contributed by atoms with Crippen LogP contribution < -0.4 is 32.9 Å². The normalized spacial score (nSPS) is 14.1. The highest BCUT2D eigenvalue weighted by Gasteiger charge is 2.44. The lowest BCUT2D eigenvalue weighted by molar-refractivity contribution is -0.0480. The highest BCUT2D eigenvalue weighted by atomic mass is 79.9. The molecule has 0 radical (unpaired) electrons. The van der Waals surface area contributed by atoms with E-state index in [-0.39, 0.29) is 23.3 Å². The van der Waals surface area contributed by atoms with E-state index in [2.05, 4.69) is 91.0 Å². The smallest absolute Gasteiger partial charge is 0.157 e. The second kappa shape index (κ2) is 14.8. The molecule has 0 unspecified atom stereocenters. The first-order chi connectivity index (χ1) is 16.4. The summed E-state index contributed by atoms with van der Waals surface area (Å²) < 4.78 is 11.1. The molecular weight excluding hydrogens is 503 g/mol. The zero-order valence-corrected chi connectivity index (χ0v) is 22.6. The lowest BCUT2D eigenvalue weighted by atomic mass is 10.1. The van der Waals surface area contributed by atoms with Crippen molar-refractivity contribution in [2.24, 2.45) is 0 Å². The van der Waals surface area contributed by atoms with Crippen LogP contribution in [-0.2, 0) is 9.47 Å². The van der Waals surface area contributed by atoms with E-state index < -0.39 is 7.26 Å². The van der Waals surface area contributed by atoms with Crippen LogP contribution in [0.2, 0.25) is 0 Å². The topological polar surface area (TPSA) is 18.5 Å². The number of ether oxygens (including phenoxy) is 2. The number of rotatable bonds is 13. The standard InChI is InChI=1S/C30H38O2P.BrH/c1(2-4-15-23-30-31-24-25-32-30)3-5-16-26-33(27-17-9-6-10-18-27,28-19-11-7-12-20-28)29-21-13-8-14-22-29;/h6-14,17-22,30H,1-5,15-16,23-26H2;1H/q+1;/p-1. The van der Waals surface area contributed by atoms with Crippen LogP contribution in [-0.4, -0.2) is 25.7 Å².